The molecule has 0 aliphatic rings. The minimum Gasteiger partial charge on any atom is -0.506 e. The predicted molar refractivity (Wildman–Crippen MR) is 54.0 cm³/mol. The van der Waals surface area contributed by atoms with E-state index in [1.54, 1.807) is 19.2 Å². The van der Waals surface area contributed by atoms with Gasteiger partial charge in [-0.1, -0.05) is 19.2 Å². The van der Waals surface area contributed by atoms with Crippen LogP contribution in [0.25, 0.3) is 11.5 Å². The molecule has 1 aromatic rings. The molecule has 3 nitrogen and oxygen atoms in total. The zero-order valence-corrected chi connectivity index (χ0v) is 7.54. The molecule has 0 radical (unpaired) electrons. The Morgan fingerprint density at radius 3 is 2.54 bits per heavy atom. The first-order valence-corrected chi connectivity index (χ1v) is 3.87. The molecule has 0 saturated carbocycles. The van der Waals surface area contributed by atoms with E-state index in [-0.39, 0.29) is 5.76 Å². The SMILES string of the molecule is C=C(O)c1cccc(C(=C)NC)n1. The molecule has 0 saturated heterocycles. The fraction of sp³-hybridized carbons (Fsp3) is 0.100. The first-order chi connectivity index (χ1) is 6.15. The van der Waals surface area contributed by atoms with Crippen molar-refractivity contribution in [1.29, 1.82) is 0 Å². The van der Waals surface area contributed by atoms with Gasteiger partial charge in [-0.25, -0.2) is 4.98 Å². The van der Waals surface area contributed by atoms with E-state index in [1.165, 1.54) is 0 Å². The Morgan fingerprint density at radius 2 is 2.00 bits per heavy atom. The van der Waals surface area contributed by atoms with E-state index in [1.807, 2.05) is 6.07 Å². The maximum Gasteiger partial charge on any atom is 0.134 e. The Kier molecular flexibility index (Phi) is 2.69. The zero-order chi connectivity index (χ0) is 9.84. The zero-order valence-electron chi connectivity index (χ0n) is 7.54. The summed E-state index contributed by atoms with van der Waals surface area (Å²) in [6, 6.07) is 5.29. The van der Waals surface area contributed by atoms with Crippen molar-refractivity contribution in [2.45, 2.75) is 0 Å². The van der Waals surface area contributed by atoms with Crippen LogP contribution in [0.15, 0.2) is 31.4 Å². The lowest BCUT2D eigenvalue weighted by Gasteiger charge is -2.05. The molecule has 68 valence electrons. The molecule has 1 aromatic heterocycles. The predicted octanol–water partition coefficient (Wildman–Crippen LogP) is 1.80. The molecule has 3 heteroatoms. The van der Waals surface area contributed by atoms with Gasteiger partial charge in [-0.05, 0) is 12.1 Å². The molecule has 2 N–H and O–H groups in total. The summed E-state index contributed by atoms with van der Waals surface area (Å²) in [4.78, 5) is 4.13. The number of aliphatic hydroxyl groups is 1. The minimum absolute atomic E-state index is 0.0363. The van der Waals surface area contributed by atoms with Crippen LogP contribution in [0, 0.1) is 0 Å². The van der Waals surface area contributed by atoms with Gasteiger partial charge < -0.3 is 10.4 Å². The van der Waals surface area contributed by atoms with Gasteiger partial charge in [0.05, 0.1) is 11.4 Å². The van der Waals surface area contributed by atoms with Crippen LogP contribution in [0.4, 0.5) is 0 Å². The van der Waals surface area contributed by atoms with Crippen molar-refractivity contribution in [3.05, 3.63) is 42.7 Å². The van der Waals surface area contributed by atoms with Crippen LogP contribution in [0.3, 0.4) is 0 Å². The van der Waals surface area contributed by atoms with E-state index in [4.69, 9.17) is 5.11 Å². The van der Waals surface area contributed by atoms with E-state index in [0.29, 0.717) is 17.1 Å². The van der Waals surface area contributed by atoms with Crippen molar-refractivity contribution in [1.82, 2.24) is 10.3 Å². The maximum absolute atomic E-state index is 9.10. The number of rotatable bonds is 3. The minimum atomic E-state index is -0.0363. The number of pyridine rings is 1. The van der Waals surface area contributed by atoms with E-state index < -0.39 is 0 Å². The topological polar surface area (TPSA) is 45.1 Å². The number of nitrogens with one attached hydrogen (secondary N) is 1. The lowest BCUT2D eigenvalue weighted by Crippen LogP contribution is -2.05. The largest absolute Gasteiger partial charge is 0.506 e. The summed E-state index contributed by atoms with van der Waals surface area (Å²) in [7, 11) is 1.77. The second-order valence-electron chi connectivity index (χ2n) is 2.58. The summed E-state index contributed by atoms with van der Waals surface area (Å²) in [5.41, 5.74) is 1.88. The fourth-order valence-corrected chi connectivity index (χ4v) is 0.892. The van der Waals surface area contributed by atoms with Gasteiger partial charge in [-0.3, -0.25) is 0 Å². The molecule has 0 atom stereocenters. The molecular weight excluding hydrogens is 164 g/mol. The number of hydrogen-bond acceptors (Lipinski definition) is 3. The van der Waals surface area contributed by atoms with Gasteiger partial charge in [0.1, 0.15) is 11.5 Å². The highest BCUT2D eigenvalue weighted by Gasteiger charge is 2.01. The Hall–Kier alpha value is -1.77. The van der Waals surface area contributed by atoms with E-state index in [0.717, 1.165) is 0 Å². The molecule has 0 amide bonds. The van der Waals surface area contributed by atoms with Crippen LogP contribution >= 0.6 is 0 Å². The Balaban J connectivity index is 3.05. The van der Waals surface area contributed by atoms with Crippen molar-refractivity contribution in [2.24, 2.45) is 0 Å². The summed E-state index contributed by atoms with van der Waals surface area (Å²) >= 11 is 0. The maximum atomic E-state index is 9.10. The van der Waals surface area contributed by atoms with Crippen molar-refractivity contribution < 1.29 is 5.11 Å². The molecule has 0 spiro atoms. The van der Waals surface area contributed by atoms with Gasteiger partial charge >= 0.3 is 0 Å². The number of aromatic nitrogens is 1. The molecule has 0 aliphatic carbocycles. The molecule has 13 heavy (non-hydrogen) atoms. The van der Waals surface area contributed by atoms with Gasteiger partial charge in [0.15, 0.2) is 0 Å². The van der Waals surface area contributed by atoms with Gasteiger partial charge in [0.25, 0.3) is 0 Å². The van der Waals surface area contributed by atoms with E-state index in [2.05, 4.69) is 23.5 Å². The fourth-order valence-electron chi connectivity index (χ4n) is 0.892. The number of nitrogens with zero attached hydrogens (tertiary/aromatic N) is 1. The molecule has 0 aliphatic heterocycles. The molecular formula is C10H12N2O. The van der Waals surface area contributed by atoms with Gasteiger partial charge in [0.2, 0.25) is 0 Å². The van der Waals surface area contributed by atoms with Crippen molar-refractivity contribution in [2.75, 3.05) is 7.05 Å². The lowest BCUT2D eigenvalue weighted by atomic mass is 10.2. The average molecular weight is 176 g/mol. The normalized spacial score (nSPS) is 9.31. The van der Waals surface area contributed by atoms with Crippen LogP contribution in [0.5, 0.6) is 0 Å². The number of hydrogen-bond donors (Lipinski definition) is 2. The molecule has 0 bridgehead atoms. The summed E-state index contributed by atoms with van der Waals surface area (Å²) in [5.74, 6) is -0.0363. The van der Waals surface area contributed by atoms with Gasteiger partial charge in [0, 0.05) is 7.05 Å². The Bertz CT molecular complexity index is 345. The molecule has 1 rings (SSSR count). The second-order valence-corrected chi connectivity index (χ2v) is 2.58. The first kappa shape index (κ1) is 9.32. The monoisotopic (exact) mass is 176 g/mol. The average Bonchev–Trinajstić information content (AvgIpc) is 2.17. The highest BCUT2D eigenvalue weighted by molar-refractivity contribution is 5.61. The molecule has 1 heterocycles. The highest BCUT2D eigenvalue weighted by atomic mass is 16.3. The van der Waals surface area contributed by atoms with Crippen molar-refractivity contribution in [3.63, 3.8) is 0 Å². The Labute approximate surface area is 77.4 Å². The summed E-state index contributed by atoms with van der Waals surface area (Å²) < 4.78 is 0. The molecule has 0 aromatic carbocycles. The van der Waals surface area contributed by atoms with Crippen molar-refractivity contribution in [3.8, 4) is 0 Å². The van der Waals surface area contributed by atoms with Gasteiger partial charge in [-0.2, -0.15) is 0 Å². The third-order valence-corrected chi connectivity index (χ3v) is 1.66. The summed E-state index contributed by atoms with van der Waals surface area (Å²) in [6.45, 7) is 7.15. The molecule has 0 unspecified atom stereocenters. The third kappa shape index (κ3) is 2.08. The summed E-state index contributed by atoms with van der Waals surface area (Å²) in [6.07, 6.45) is 0. The van der Waals surface area contributed by atoms with Crippen molar-refractivity contribution >= 4 is 11.5 Å². The van der Waals surface area contributed by atoms with Crippen LogP contribution in [-0.2, 0) is 0 Å². The quantitative estimate of drug-likeness (QED) is 0.690. The first-order valence-electron chi connectivity index (χ1n) is 3.87. The standard InChI is InChI=1S/C10H12N2O/c1-7(11-3)9-5-4-6-10(12-9)8(2)13/h4-6,11,13H,1-2H2,3H3. The van der Waals surface area contributed by atoms with Crippen LogP contribution < -0.4 is 5.32 Å². The summed E-state index contributed by atoms with van der Waals surface area (Å²) in [5, 5.41) is 12.0. The van der Waals surface area contributed by atoms with Gasteiger partial charge in [-0.15, -0.1) is 0 Å². The lowest BCUT2D eigenvalue weighted by molar-refractivity contribution is 0.510. The third-order valence-electron chi connectivity index (χ3n) is 1.66. The van der Waals surface area contributed by atoms with Crippen LogP contribution in [-0.4, -0.2) is 17.1 Å². The Morgan fingerprint density at radius 1 is 1.38 bits per heavy atom. The highest BCUT2D eigenvalue weighted by Crippen LogP contribution is 2.10. The molecule has 0 fully saturated rings. The van der Waals surface area contributed by atoms with Crippen LogP contribution in [0.1, 0.15) is 11.4 Å². The smallest absolute Gasteiger partial charge is 0.134 e. The number of aliphatic hydroxyl groups excluding tert-OH is 1. The van der Waals surface area contributed by atoms with Crippen LogP contribution in [0.2, 0.25) is 0 Å². The van der Waals surface area contributed by atoms with E-state index in [9.17, 15) is 0 Å². The van der Waals surface area contributed by atoms with E-state index >= 15 is 0 Å². The second kappa shape index (κ2) is 3.76.